The van der Waals surface area contributed by atoms with E-state index in [-0.39, 0.29) is 11.9 Å². The number of nitrogens with zero attached hydrogens (tertiary/aromatic N) is 4. The molecular formula is C23H30N4O2. The summed E-state index contributed by atoms with van der Waals surface area (Å²) in [5.74, 6) is 1.91. The molecule has 1 aromatic heterocycles. The molecule has 2 aliphatic rings. The average Bonchev–Trinajstić information content (AvgIpc) is 2.73. The van der Waals surface area contributed by atoms with Gasteiger partial charge < -0.3 is 9.64 Å². The van der Waals surface area contributed by atoms with Gasteiger partial charge >= 0.3 is 0 Å². The molecule has 0 radical (unpaired) electrons. The molecule has 1 aromatic carbocycles. The molecule has 154 valence electrons. The highest BCUT2D eigenvalue weighted by molar-refractivity contribution is 5.73. The van der Waals surface area contributed by atoms with Crippen molar-refractivity contribution < 1.29 is 9.53 Å². The fourth-order valence-electron chi connectivity index (χ4n) is 4.63. The molecule has 1 saturated heterocycles. The van der Waals surface area contributed by atoms with Crippen LogP contribution in [0.4, 0.5) is 0 Å². The van der Waals surface area contributed by atoms with Crippen LogP contribution < -0.4 is 4.74 Å². The van der Waals surface area contributed by atoms with Crippen LogP contribution in [0, 0.1) is 6.92 Å². The van der Waals surface area contributed by atoms with Crippen LogP contribution in [-0.4, -0.2) is 45.9 Å². The molecule has 4 rings (SSSR count). The first-order valence-electron chi connectivity index (χ1n) is 10.5. The third kappa shape index (κ3) is 4.13. The standard InChI is InChI=1S/C23H30N4O2/c1-16-7-6-8-18(22(16)29-3)14-26-12-10-20-19(15-26)13-24-23(25-20)21-9-4-5-11-27(21)17(2)28/h6-8,13,21H,4-5,9-12,14-15H2,1-3H3/t21-/m0/s1. The van der Waals surface area contributed by atoms with E-state index in [0.29, 0.717) is 0 Å². The largest absolute Gasteiger partial charge is 0.496 e. The summed E-state index contributed by atoms with van der Waals surface area (Å²) in [5.41, 5.74) is 4.71. The Balaban J connectivity index is 1.50. The van der Waals surface area contributed by atoms with Crippen molar-refractivity contribution in [1.29, 1.82) is 0 Å². The molecule has 6 nitrogen and oxygen atoms in total. The Morgan fingerprint density at radius 2 is 2.14 bits per heavy atom. The normalized spacial score (nSPS) is 19.7. The number of likely N-dealkylation sites (tertiary alicyclic amines) is 1. The van der Waals surface area contributed by atoms with Crippen molar-refractivity contribution in [2.24, 2.45) is 0 Å². The Hall–Kier alpha value is -2.47. The second-order valence-corrected chi connectivity index (χ2v) is 8.15. The maximum Gasteiger partial charge on any atom is 0.220 e. The van der Waals surface area contributed by atoms with Gasteiger partial charge in [0.05, 0.1) is 13.2 Å². The van der Waals surface area contributed by atoms with Crippen molar-refractivity contribution >= 4 is 5.91 Å². The highest BCUT2D eigenvalue weighted by atomic mass is 16.5. The Labute approximate surface area is 172 Å². The molecule has 0 N–H and O–H groups in total. The zero-order valence-electron chi connectivity index (χ0n) is 17.6. The van der Waals surface area contributed by atoms with E-state index in [9.17, 15) is 4.79 Å². The van der Waals surface area contributed by atoms with Gasteiger partial charge in [0.2, 0.25) is 5.91 Å². The number of aromatic nitrogens is 2. The van der Waals surface area contributed by atoms with Gasteiger partial charge in [-0.05, 0) is 31.7 Å². The molecule has 1 fully saturated rings. The number of fused-ring (bicyclic) bond motifs is 1. The number of hydrogen-bond acceptors (Lipinski definition) is 5. The van der Waals surface area contributed by atoms with Crippen LogP contribution in [-0.2, 0) is 24.3 Å². The lowest BCUT2D eigenvalue weighted by molar-refractivity contribution is -0.132. The van der Waals surface area contributed by atoms with Crippen LogP contribution >= 0.6 is 0 Å². The first-order valence-corrected chi connectivity index (χ1v) is 10.5. The molecule has 2 aromatic rings. The summed E-state index contributed by atoms with van der Waals surface area (Å²) in [4.78, 5) is 26.0. The van der Waals surface area contributed by atoms with Gasteiger partial charge in [-0.15, -0.1) is 0 Å². The van der Waals surface area contributed by atoms with Crippen LogP contribution in [0.2, 0.25) is 0 Å². The smallest absolute Gasteiger partial charge is 0.220 e. The number of para-hydroxylation sites is 1. The Morgan fingerprint density at radius 1 is 1.28 bits per heavy atom. The van der Waals surface area contributed by atoms with Crippen LogP contribution in [0.15, 0.2) is 24.4 Å². The van der Waals surface area contributed by atoms with Crippen LogP contribution in [0.3, 0.4) is 0 Å². The minimum Gasteiger partial charge on any atom is -0.496 e. The highest BCUT2D eigenvalue weighted by Crippen LogP contribution is 2.31. The zero-order chi connectivity index (χ0) is 20.4. The summed E-state index contributed by atoms with van der Waals surface area (Å²) in [6.45, 7) is 7.20. The van der Waals surface area contributed by atoms with Crippen molar-refractivity contribution in [3.05, 3.63) is 52.6 Å². The van der Waals surface area contributed by atoms with Gasteiger partial charge in [-0.1, -0.05) is 18.2 Å². The van der Waals surface area contributed by atoms with E-state index in [1.165, 1.54) is 11.1 Å². The third-order valence-electron chi connectivity index (χ3n) is 6.13. The number of rotatable bonds is 4. The average molecular weight is 395 g/mol. The van der Waals surface area contributed by atoms with E-state index in [0.717, 1.165) is 74.7 Å². The van der Waals surface area contributed by atoms with Crippen molar-refractivity contribution in [2.75, 3.05) is 20.2 Å². The van der Waals surface area contributed by atoms with Crippen LogP contribution in [0.1, 0.15) is 60.4 Å². The molecule has 0 saturated carbocycles. The van der Waals surface area contributed by atoms with Gasteiger partial charge in [0.1, 0.15) is 5.75 Å². The molecule has 0 unspecified atom stereocenters. The lowest BCUT2D eigenvalue weighted by atomic mass is 10.00. The number of methoxy groups -OCH3 is 1. The van der Waals surface area contributed by atoms with E-state index in [4.69, 9.17) is 9.72 Å². The number of aryl methyl sites for hydroxylation is 1. The Kier molecular flexibility index (Phi) is 5.81. The van der Waals surface area contributed by atoms with E-state index in [2.05, 4.69) is 35.0 Å². The second-order valence-electron chi connectivity index (χ2n) is 8.15. The van der Waals surface area contributed by atoms with E-state index in [1.54, 1.807) is 14.0 Å². The second kappa shape index (κ2) is 8.49. The topological polar surface area (TPSA) is 58.6 Å². The van der Waals surface area contributed by atoms with Gasteiger partial charge in [0.25, 0.3) is 0 Å². The first-order chi connectivity index (χ1) is 14.1. The fraction of sp³-hybridized carbons (Fsp3) is 0.522. The monoisotopic (exact) mass is 394 g/mol. The van der Waals surface area contributed by atoms with Crippen molar-refractivity contribution in [2.45, 2.75) is 58.7 Å². The summed E-state index contributed by atoms with van der Waals surface area (Å²) in [7, 11) is 1.74. The van der Waals surface area contributed by atoms with Crippen molar-refractivity contribution in [3.8, 4) is 5.75 Å². The molecule has 2 aliphatic heterocycles. The maximum atomic E-state index is 12.0. The number of carbonyl (C=O) groups excluding carboxylic acids is 1. The summed E-state index contributed by atoms with van der Waals surface area (Å²) in [6.07, 6.45) is 6.03. The molecule has 0 bridgehead atoms. The number of ether oxygens (including phenoxy) is 1. The number of amides is 1. The lowest BCUT2D eigenvalue weighted by Gasteiger charge is -2.35. The summed E-state index contributed by atoms with van der Waals surface area (Å²) in [6, 6.07) is 6.34. The zero-order valence-corrected chi connectivity index (χ0v) is 17.6. The van der Waals surface area contributed by atoms with Crippen LogP contribution in [0.25, 0.3) is 0 Å². The van der Waals surface area contributed by atoms with E-state index < -0.39 is 0 Å². The minimum absolute atomic E-state index is 0.0288. The maximum absolute atomic E-state index is 12.0. The van der Waals surface area contributed by atoms with Crippen molar-refractivity contribution in [3.63, 3.8) is 0 Å². The SMILES string of the molecule is COc1c(C)cccc1CN1CCc2nc([C@@H]3CCCCN3C(C)=O)ncc2C1. The van der Waals surface area contributed by atoms with Gasteiger partial charge in [-0.3, -0.25) is 9.69 Å². The summed E-state index contributed by atoms with van der Waals surface area (Å²) in [5, 5.41) is 0. The van der Waals surface area contributed by atoms with E-state index in [1.807, 2.05) is 11.1 Å². The molecule has 29 heavy (non-hydrogen) atoms. The summed E-state index contributed by atoms with van der Waals surface area (Å²) < 4.78 is 5.62. The fourth-order valence-corrected chi connectivity index (χ4v) is 4.63. The predicted octanol–water partition coefficient (Wildman–Crippen LogP) is 3.43. The predicted molar refractivity (Wildman–Crippen MR) is 112 cm³/mol. The lowest BCUT2D eigenvalue weighted by Crippen LogP contribution is -2.38. The Morgan fingerprint density at radius 3 is 2.93 bits per heavy atom. The first kappa shape index (κ1) is 19.8. The quantitative estimate of drug-likeness (QED) is 0.795. The molecule has 0 spiro atoms. The molecule has 3 heterocycles. The van der Waals surface area contributed by atoms with Gasteiger partial charge in [0, 0.05) is 62.5 Å². The van der Waals surface area contributed by atoms with E-state index >= 15 is 0 Å². The van der Waals surface area contributed by atoms with Gasteiger partial charge in [-0.2, -0.15) is 0 Å². The van der Waals surface area contributed by atoms with Crippen LogP contribution in [0.5, 0.6) is 5.75 Å². The molecule has 6 heteroatoms. The number of carbonyl (C=O) groups is 1. The van der Waals surface area contributed by atoms with Gasteiger partial charge in [0.15, 0.2) is 5.82 Å². The third-order valence-corrected chi connectivity index (χ3v) is 6.13. The van der Waals surface area contributed by atoms with Crippen molar-refractivity contribution in [1.82, 2.24) is 19.8 Å². The molecular weight excluding hydrogens is 364 g/mol. The Bertz CT molecular complexity index is 898. The highest BCUT2D eigenvalue weighted by Gasteiger charge is 2.29. The molecule has 0 aliphatic carbocycles. The molecule has 1 atom stereocenters. The van der Waals surface area contributed by atoms with Gasteiger partial charge in [-0.25, -0.2) is 9.97 Å². The summed E-state index contributed by atoms with van der Waals surface area (Å²) >= 11 is 0. The molecule has 1 amide bonds. The number of hydrogen-bond donors (Lipinski definition) is 0. The minimum atomic E-state index is 0.0288. The number of piperidine rings is 1. The number of benzene rings is 1.